The fourth-order valence-corrected chi connectivity index (χ4v) is 3.75. The highest BCUT2D eigenvalue weighted by atomic mass is 19.1. The summed E-state index contributed by atoms with van der Waals surface area (Å²) in [5, 5.41) is 12.1. The molecule has 36 heavy (non-hydrogen) atoms. The van der Waals surface area contributed by atoms with Gasteiger partial charge < -0.3 is 15.2 Å². The maximum absolute atomic E-state index is 12.8. The zero-order valence-corrected chi connectivity index (χ0v) is 19.6. The number of hydrogen-bond acceptors (Lipinski definition) is 7. The zero-order chi connectivity index (χ0) is 25.5. The van der Waals surface area contributed by atoms with E-state index in [0.717, 1.165) is 15.8 Å². The molecule has 0 aliphatic heterocycles. The molecule has 0 saturated heterocycles. The van der Waals surface area contributed by atoms with Crippen LogP contribution >= 0.6 is 0 Å². The first kappa shape index (κ1) is 24.6. The summed E-state index contributed by atoms with van der Waals surface area (Å²) in [5.41, 5.74) is 7.38. The van der Waals surface area contributed by atoms with Gasteiger partial charge in [-0.15, -0.1) is 9.78 Å². The number of amidine groups is 1. The number of nitrogens with zero attached hydrogens (tertiary/aromatic N) is 4. The third-order valence-electron chi connectivity index (χ3n) is 5.37. The first-order valence-electron chi connectivity index (χ1n) is 11.3. The third-order valence-corrected chi connectivity index (χ3v) is 5.37. The third kappa shape index (κ3) is 5.74. The van der Waals surface area contributed by atoms with Gasteiger partial charge in [-0.1, -0.05) is 24.3 Å². The number of hydrogen-bond donors (Lipinski definition) is 3. The van der Waals surface area contributed by atoms with E-state index in [1.165, 1.54) is 12.4 Å². The van der Waals surface area contributed by atoms with Crippen LogP contribution in [0.5, 0.6) is 11.5 Å². The van der Waals surface area contributed by atoms with Crippen molar-refractivity contribution in [2.24, 2.45) is 5.73 Å². The summed E-state index contributed by atoms with van der Waals surface area (Å²) in [6.45, 7) is 1.57. The molecule has 0 aliphatic rings. The van der Waals surface area contributed by atoms with Gasteiger partial charge in [0.2, 0.25) is 0 Å². The molecule has 186 valence electrons. The van der Waals surface area contributed by atoms with E-state index in [1.807, 2.05) is 25.1 Å². The second-order valence-corrected chi connectivity index (χ2v) is 7.85. The minimum Gasteiger partial charge on any atom is -0.494 e. The Labute approximate surface area is 206 Å². The number of benzene rings is 2. The van der Waals surface area contributed by atoms with Crippen LogP contribution in [0.3, 0.4) is 0 Å². The van der Waals surface area contributed by atoms with Crippen LogP contribution in [0.1, 0.15) is 35.4 Å². The molecule has 0 fully saturated rings. The molecule has 4 aromatic rings. The number of H-pyrrole nitrogens is 1. The average Bonchev–Trinajstić information content (AvgIpc) is 3.28. The Kier molecular flexibility index (Phi) is 7.69. The molecule has 2 heterocycles. The molecule has 4 rings (SSSR count). The molecule has 1 unspecified atom stereocenters. The monoisotopic (exact) mass is 491 g/mol. The number of rotatable bonds is 11. The van der Waals surface area contributed by atoms with Crippen LogP contribution in [0.25, 0.3) is 5.95 Å². The highest BCUT2D eigenvalue weighted by Gasteiger charge is 2.23. The van der Waals surface area contributed by atoms with Gasteiger partial charge in [-0.3, -0.25) is 10.4 Å². The van der Waals surface area contributed by atoms with E-state index in [2.05, 4.69) is 20.1 Å². The average molecular weight is 492 g/mol. The normalized spacial score (nSPS) is 11.7. The number of halogens is 1. The Bertz CT molecular complexity index is 1370. The van der Waals surface area contributed by atoms with Gasteiger partial charge in [0, 0.05) is 29.9 Å². The van der Waals surface area contributed by atoms with Crippen LogP contribution in [-0.4, -0.2) is 50.5 Å². The van der Waals surface area contributed by atoms with Gasteiger partial charge in [0.15, 0.2) is 0 Å². The van der Waals surface area contributed by atoms with Crippen molar-refractivity contribution in [3.05, 3.63) is 93.9 Å². The maximum atomic E-state index is 12.8. The standard InChI is InChI=1S/C25H26FN7O3/c1-2-35-19-13-18(14-20(15-19)36-11-8-26)21(12-16-4-6-17(7-5-16)22(27)28)23-31-25(34)33(32-23)24-29-9-3-10-30-24/h3-7,9-10,13-15,21H,2,8,11-12H2,1H3,(H3,27,28)(H,31,32,34). The van der Waals surface area contributed by atoms with Crippen molar-refractivity contribution in [3.63, 3.8) is 0 Å². The van der Waals surface area contributed by atoms with Gasteiger partial charge in [0.05, 0.1) is 6.61 Å². The van der Waals surface area contributed by atoms with Crippen LogP contribution < -0.4 is 20.9 Å². The molecule has 2 aromatic heterocycles. The molecule has 4 N–H and O–H groups in total. The molecule has 0 amide bonds. The largest absolute Gasteiger partial charge is 0.494 e. The number of aromatic amines is 1. The Balaban J connectivity index is 1.79. The van der Waals surface area contributed by atoms with E-state index < -0.39 is 18.3 Å². The summed E-state index contributed by atoms with van der Waals surface area (Å²) in [6, 6.07) is 14.2. The smallest absolute Gasteiger partial charge is 0.350 e. The Morgan fingerprint density at radius 1 is 1.14 bits per heavy atom. The van der Waals surface area contributed by atoms with Crippen molar-refractivity contribution in [2.45, 2.75) is 19.3 Å². The molecule has 1 atom stereocenters. The van der Waals surface area contributed by atoms with Gasteiger partial charge in [0.1, 0.15) is 36.4 Å². The van der Waals surface area contributed by atoms with Crippen LogP contribution in [0, 0.1) is 5.41 Å². The van der Waals surface area contributed by atoms with E-state index in [9.17, 15) is 9.18 Å². The first-order valence-corrected chi connectivity index (χ1v) is 11.3. The van der Waals surface area contributed by atoms with E-state index in [0.29, 0.717) is 35.9 Å². The second-order valence-electron chi connectivity index (χ2n) is 7.85. The molecule has 0 spiro atoms. The van der Waals surface area contributed by atoms with E-state index >= 15 is 0 Å². The number of aromatic nitrogens is 5. The lowest BCUT2D eigenvalue weighted by molar-refractivity contribution is 0.270. The molecular weight excluding hydrogens is 465 g/mol. The van der Waals surface area contributed by atoms with E-state index in [-0.39, 0.29) is 18.4 Å². The number of nitrogens with two attached hydrogens (primary N) is 1. The maximum Gasteiger partial charge on any atom is 0.350 e. The summed E-state index contributed by atoms with van der Waals surface area (Å²) in [6.07, 6.45) is 3.49. The van der Waals surface area contributed by atoms with Crippen molar-refractivity contribution in [2.75, 3.05) is 19.9 Å². The molecule has 0 bridgehead atoms. The Morgan fingerprint density at radius 3 is 2.47 bits per heavy atom. The zero-order valence-electron chi connectivity index (χ0n) is 19.6. The van der Waals surface area contributed by atoms with Gasteiger partial charge in [0.25, 0.3) is 5.95 Å². The molecule has 2 aromatic carbocycles. The minimum atomic E-state index is -0.630. The van der Waals surface area contributed by atoms with Crippen LogP contribution in [0.2, 0.25) is 0 Å². The van der Waals surface area contributed by atoms with Crippen molar-refractivity contribution >= 4 is 5.84 Å². The summed E-state index contributed by atoms with van der Waals surface area (Å²) in [5.74, 6) is 1.06. The van der Waals surface area contributed by atoms with Crippen molar-refractivity contribution in [3.8, 4) is 17.4 Å². The molecule has 11 heteroatoms. The summed E-state index contributed by atoms with van der Waals surface area (Å²) < 4.78 is 25.2. The summed E-state index contributed by atoms with van der Waals surface area (Å²) in [4.78, 5) is 23.8. The fraction of sp³-hybridized carbons (Fsp3) is 0.240. The van der Waals surface area contributed by atoms with Crippen molar-refractivity contribution < 1.29 is 13.9 Å². The lowest BCUT2D eigenvalue weighted by Crippen LogP contribution is -2.18. The predicted octanol–water partition coefficient (Wildman–Crippen LogP) is 2.76. The number of ether oxygens (including phenoxy) is 2. The highest BCUT2D eigenvalue weighted by Crippen LogP contribution is 2.33. The van der Waals surface area contributed by atoms with Gasteiger partial charge in [-0.25, -0.2) is 19.2 Å². The number of alkyl halides is 1. The van der Waals surface area contributed by atoms with Crippen LogP contribution in [0.15, 0.2) is 65.7 Å². The van der Waals surface area contributed by atoms with Crippen LogP contribution in [-0.2, 0) is 6.42 Å². The molecule has 0 saturated carbocycles. The quantitative estimate of drug-likeness (QED) is 0.216. The topological polar surface area (TPSA) is 145 Å². The number of nitrogens with one attached hydrogen (secondary N) is 2. The number of nitrogen functional groups attached to an aromatic ring is 1. The lowest BCUT2D eigenvalue weighted by Gasteiger charge is -2.18. The van der Waals surface area contributed by atoms with Crippen molar-refractivity contribution in [1.82, 2.24) is 24.7 Å². The van der Waals surface area contributed by atoms with Crippen molar-refractivity contribution in [1.29, 1.82) is 5.41 Å². The van der Waals surface area contributed by atoms with Gasteiger partial charge >= 0.3 is 5.69 Å². The highest BCUT2D eigenvalue weighted by molar-refractivity contribution is 5.94. The van der Waals surface area contributed by atoms with E-state index in [1.54, 1.807) is 30.3 Å². The lowest BCUT2D eigenvalue weighted by atomic mass is 9.90. The van der Waals surface area contributed by atoms with E-state index in [4.69, 9.17) is 20.6 Å². The Morgan fingerprint density at radius 2 is 1.83 bits per heavy atom. The second kappa shape index (κ2) is 11.3. The SMILES string of the molecule is CCOc1cc(OCCF)cc(C(Cc2ccc(C(=N)N)cc2)c2nn(-c3ncccn3)c(=O)[nH]2)c1. The van der Waals surface area contributed by atoms with Gasteiger partial charge in [-0.2, -0.15) is 0 Å². The predicted molar refractivity (Wildman–Crippen MR) is 132 cm³/mol. The Hall–Kier alpha value is -4.54. The molecule has 0 aliphatic carbocycles. The molecule has 10 nitrogen and oxygen atoms in total. The molecule has 0 radical (unpaired) electrons. The van der Waals surface area contributed by atoms with Crippen LogP contribution in [0.4, 0.5) is 4.39 Å². The minimum absolute atomic E-state index is 0.0249. The first-order chi connectivity index (χ1) is 17.5. The molecular formula is C25H26FN7O3. The van der Waals surface area contributed by atoms with Gasteiger partial charge in [-0.05, 0) is 42.7 Å². The fourth-order valence-electron chi connectivity index (χ4n) is 3.75. The summed E-state index contributed by atoms with van der Waals surface area (Å²) in [7, 11) is 0. The summed E-state index contributed by atoms with van der Waals surface area (Å²) >= 11 is 0.